The molecule has 5 heteroatoms. The lowest BCUT2D eigenvalue weighted by Gasteiger charge is -2.16. The molecule has 25 heavy (non-hydrogen) atoms. The van der Waals surface area contributed by atoms with E-state index >= 15 is 0 Å². The zero-order valence-corrected chi connectivity index (χ0v) is 14.4. The van der Waals surface area contributed by atoms with Crippen LogP contribution in [0.2, 0.25) is 0 Å². The van der Waals surface area contributed by atoms with E-state index in [-0.39, 0.29) is 24.2 Å². The van der Waals surface area contributed by atoms with Gasteiger partial charge >= 0.3 is 0 Å². The SMILES string of the molecule is COc1ccc(CCN2C(=O)C[C@@H](c3ccccc3)C2=O)cc1OC. The molecule has 2 aromatic carbocycles. The quantitative estimate of drug-likeness (QED) is 0.760. The van der Waals surface area contributed by atoms with Gasteiger partial charge in [0.05, 0.1) is 20.1 Å². The van der Waals surface area contributed by atoms with E-state index in [9.17, 15) is 9.59 Å². The number of nitrogens with zero attached hydrogens (tertiary/aromatic N) is 1. The molecule has 0 N–H and O–H groups in total. The van der Waals surface area contributed by atoms with Crippen molar-refractivity contribution in [3.05, 3.63) is 59.7 Å². The minimum atomic E-state index is -0.362. The Labute approximate surface area is 147 Å². The van der Waals surface area contributed by atoms with Crippen molar-refractivity contribution < 1.29 is 19.1 Å². The van der Waals surface area contributed by atoms with Gasteiger partial charge in [-0.15, -0.1) is 0 Å². The standard InChI is InChI=1S/C20H21NO4/c1-24-17-9-8-14(12-18(17)25-2)10-11-21-19(22)13-16(20(21)23)15-6-4-3-5-7-15/h3-9,12,16H,10-11,13H2,1-2H3/t16-/m0/s1. The molecule has 1 atom stereocenters. The van der Waals surface area contributed by atoms with E-state index in [2.05, 4.69) is 0 Å². The molecule has 0 radical (unpaired) electrons. The fraction of sp³-hybridized carbons (Fsp3) is 0.300. The van der Waals surface area contributed by atoms with Crippen LogP contribution in [0.3, 0.4) is 0 Å². The molecule has 130 valence electrons. The van der Waals surface area contributed by atoms with Crippen molar-refractivity contribution in [2.24, 2.45) is 0 Å². The Morgan fingerprint density at radius 1 is 1.00 bits per heavy atom. The van der Waals surface area contributed by atoms with Crippen LogP contribution in [0.5, 0.6) is 11.5 Å². The van der Waals surface area contributed by atoms with Gasteiger partial charge < -0.3 is 9.47 Å². The second kappa shape index (κ2) is 7.38. The summed E-state index contributed by atoms with van der Waals surface area (Å²) in [6.45, 7) is 0.372. The van der Waals surface area contributed by atoms with Gasteiger partial charge in [0.15, 0.2) is 11.5 Å². The monoisotopic (exact) mass is 339 g/mol. The molecule has 1 heterocycles. The van der Waals surface area contributed by atoms with Gasteiger partial charge in [0.2, 0.25) is 11.8 Å². The third-order valence-corrected chi connectivity index (χ3v) is 4.52. The summed E-state index contributed by atoms with van der Waals surface area (Å²) in [5, 5.41) is 0. The normalized spacial score (nSPS) is 17.0. The van der Waals surface area contributed by atoms with E-state index in [1.807, 2.05) is 48.5 Å². The summed E-state index contributed by atoms with van der Waals surface area (Å²) in [7, 11) is 3.17. The number of rotatable bonds is 6. The summed E-state index contributed by atoms with van der Waals surface area (Å²) in [6.07, 6.45) is 0.828. The van der Waals surface area contributed by atoms with Crippen molar-refractivity contribution in [2.45, 2.75) is 18.8 Å². The summed E-state index contributed by atoms with van der Waals surface area (Å²) in [4.78, 5) is 26.3. The fourth-order valence-electron chi connectivity index (χ4n) is 3.14. The maximum absolute atomic E-state index is 12.6. The molecule has 0 aromatic heterocycles. The number of imide groups is 1. The zero-order valence-electron chi connectivity index (χ0n) is 14.4. The van der Waals surface area contributed by atoms with Crippen molar-refractivity contribution >= 4 is 11.8 Å². The Balaban J connectivity index is 1.69. The summed E-state index contributed by atoms with van der Waals surface area (Å²) in [6, 6.07) is 15.1. The van der Waals surface area contributed by atoms with Gasteiger partial charge in [-0.25, -0.2) is 0 Å². The average molecular weight is 339 g/mol. The van der Waals surface area contributed by atoms with Crippen LogP contribution in [0.4, 0.5) is 0 Å². The molecule has 5 nitrogen and oxygen atoms in total. The molecule has 2 aromatic rings. The molecule has 2 amide bonds. The minimum Gasteiger partial charge on any atom is -0.493 e. The van der Waals surface area contributed by atoms with E-state index in [0.717, 1.165) is 11.1 Å². The van der Waals surface area contributed by atoms with Crippen LogP contribution in [0.25, 0.3) is 0 Å². The zero-order chi connectivity index (χ0) is 17.8. The summed E-state index contributed by atoms with van der Waals surface area (Å²) in [5.74, 6) is 0.708. The van der Waals surface area contributed by atoms with Gasteiger partial charge in [0.25, 0.3) is 0 Å². The van der Waals surface area contributed by atoms with Crippen molar-refractivity contribution in [1.82, 2.24) is 4.90 Å². The van der Waals surface area contributed by atoms with Crippen LogP contribution in [-0.4, -0.2) is 37.5 Å². The Bertz CT molecular complexity index is 773. The van der Waals surface area contributed by atoms with Gasteiger partial charge in [0.1, 0.15) is 0 Å². The number of hydrogen-bond donors (Lipinski definition) is 0. The minimum absolute atomic E-state index is 0.112. The Morgan fingerprint density at radius 2 is 1.72 bits per heavy atom. The number of ether oxygens (including phenoxy) is 2. The summed E-state index contributed by atoms with van der Waals surface area (Å²) >= 11 is 0. The van der Waals surface area contributed by atoms with E-state index in [0.29, 0.717) is 24.5 Å². The van der Waals surface area contributed by atoms with E-state index in [4.69, 9.17) is 9.47 Å². The van der Waals surface area contributed by atoms with Crippen molar-refractivity contribution in [2.75, 3.05) is 20.8 Å². The number of methoxy groups -OCH3 is 2. The smallest absolute Gasteiger partial charge is 0.237 e. The lowest BCUT2D eigenvalue weighted by molar-refractivity contribution is -0.138. The third kappa shape index (κ3) is 3.50. The van der Waals surface area contributed by atoms with E-state index < -0.39 is 0 Å². The molecule has 0 saturated carbocycles. The maximum Gasteiger partial charge on any atom is 0.237 e. The van der Waals surface area contributed by atoms with Crippen LogP contribution < -0.4 is 9.47 Å². The summed E-state index contributed by atoms with van der Waals surface area (Å²) in [5.41, 5.74) is 1.89. The van der Waals surface area contributed by atoms with Gasteiger partial charge in [-0.2, -0.15) is 0 Å². The Kier molecular flexibility index (Phi) is 5.03. The van der Waals surface area contributed by atoms with Crippen molar-refractivity contribution in [1.29, 1.82) is 0 Å². The Hall–Kier alpha value is -2.82. The van der Waals surface area contributed by atoms with Crippen LogP contribution in [0.1, 0.15) is 23.5 Å². The Morgan fingerprint density at radius 3 is 2.40 bits per heavy atom. The van der Waals surface area contributed by atoms with Gasteiger partial charge in [0, 0.05) is 13.0 Å². The van der Waals surface area contributed by atoms with Crippen LogP contribution >= 0.6 is 0 Å². The fourth-order valence-corrected chi connectivity index (χ4v) is 3.14. The topological polar surface area (TPSA) is 55.8 Å². The third-order valence-electron chi connectivity index (χ3n) is 4.52. The molecular weight excluding hydrogens is 318 g/mol. The second-order valence-electron chi connectivity index (χ2n) is 5.99. The predicted molar refractivity (Wildman–Crippen MR) is 93.8 cm³/mol. The molecule has 1 aliphatic rings. The molecule has 1 aliphatic heterocycles. The highest BCUT2D eigenvalue weighted by atomic mass is 16.5. The summed E-state index contributed by atoms with van der Waals surface area (Å²) < 4.78 is 10.5. The van der Waals surface area contributed by atoms with Crippen molar-refractivity contribution in [3.8, 4) is 11.5 Å². The highest BCUT2D eigenvalue weighted by Gasteiger charge is 2.38. The molecule has 1 saturated heterocycles. The second-order valence-corrected chi connectivity index (χ2v) is 5.99. The molecule has 0 bridgehead atoms. The van der Waals surface area contributed by atoms with Gasteiger partial charge in [-0.3, -0.25) is 14.5 Å². The molecule has 1 fully saturated rings. The lowest BCUT2D eigenvalue weighted by Crippen LogP contribution is -2.32. The molecule has 0 aliphatic carbocycles. The first kappa shape index (κ1) is 17.0. The highest BCUT2D eigenvalue weighted by molar-refractivity contribution is 6.06. The van der Waals surface area contributed by atoms with Crippen LogP contribution in [0.15, 0.2) is 48.5 Å². The molecular formula is C20H21NO4. The van der Waals surface area contributed by atoms with E-state index in [1.165, 1.54) is 4.90 Å². The number of benzene rings is 2. The predicted octanol–water partition coefficient (Wildman–Crippen LogP) is 2.79. The number of carbonyl (C=O) groups is 2. The number of hydrogen-bond acceptors (Lipinski definition) is 4. The highest BCUT2D eigenvalue weighted by Crippen LogP contribution is 2.31. The maximum atomic E-state index is 12.6. The number of amides is 2. The molecule has 0 unspecified atom stereocenters. The van der Waals surface area contributed by atoms with Crippen LogP contribution in [0, 0.1) is 0 Å². The largest absolute Gasteiger partial charge is 0.493 e. The van der Waals surface area contributed by atoms with Crippen LogP contribution in [-0.2, 0) is 16.0 Å². The molecule has 3 rings (SSSR count). The van der Waals surface area contributed by atoms with E-state index in [1.54, 1.807) is 14.2 Å². The number of likely N-dealkylation sites (tertiary alicyclic amines) is 1. The van der Waals surface area contributed by atoms with Crippen molar-refractivity contribution in [3.63, 3.8) is 0 Å². The first-order chi connectivity index (χ1) is 12.1. The van der Waals surface area contributed by atoms with Gasteiger partial charge in [-0.1, -0.05) is 36.4 Å². The molecule has 0 spiro atoms. The lowest BCUT2D eigenvalue weighted by atomic mass is 9.98. The first-order valence-electron chi connectivity index (χ1n) is 8.24. The average Bonchev–Trinajstić information content (AvgIpc) is 2.94. The number of carbonyl (C=O) groups excluding carboxylic acids is 2. The first-order valence-corrected chi connectivity index (χ1v) is 8.24. The van der Waals surface area contributed by atoms with Gasteiger partial charge in [-0.05, 0) is 29.7 Å².